The van der Waals surface area contributed by atoms with Crippen molar-refractivity contribution in [2.45, 2.75) is 13.8 Å². The molecule has 0 aliphatic rings. The Labute approximate surface area is 167 Å². The lowest BCUT2D eigenvalue weighted by molar-refractivity contribution is -0.384. The van der Waals surface area contributed by atoms with Gasteiger partial charge in [-0.1, -0.05) is 35.9 Å². The van der Waals surface area contributed by atoms with Gasteiger partial charge in [-0.25, -0.2) is 0 Å². The van der Waals surface area contributed by atoms with Gasteiger partial charge in [0.25, 0.3) is 17.5 Å². The number of hydrogen-bond acceptors (Lipinski definition) is 4. The maximum atomic E-state index is 12.8. The Hall–Kier alpha value is -4.00. The highest BCUT2D eigenvalue weighted by Gasteiger charge is 2.19. The fourth-order valence-electron chi connectivity index (χ4n) is 2.87. The van der Waals surface area contributed by atoms with Gasteiger partial charge in [-0.15, -0.1) is 0 Å². The molecule has 0 heterocycles. The number of nitrogens with zero attached hydrogens (tertiary/aromatic N) is 1. The Morgan fingerprint density at radius 2 is 1.52 bits per heavy atom. The lowest BCUT2D eigenvalue weighted by atomic mass is 10.1. The average molecular weight is 389 g/mol. The first-order valence-corrected chi connectivity index (χ1v) is 8.88. The number of carbonyl (C=O) groups excluding carboxylic acids is 2. The number of amides is 2. The average Bonchev–Trinajstić information content (AvgIpc) is 2.70. The summed E-state index contributed by atoms with van der Waals surface area (Å²) in [5.41, 5.74) is 2.91. The smallest absolute Gasteiger partial charge is 0.271 e. The van der Waals surface area contributed by atoms with E-state index in [0.29, 0.717) is 11.3 Å². The molecule has 0 aromatic heterocycles. The van der Waals surface area contributed by atoms with E-state index in [9.17, 15) is 19.7 Å². The Bertz CT molecular complexity index is 1090. The van der Waals surface area contributed by atoms with Crippen molar-refractivity contribution in [3.8, 4) is 0 Å². The highest BCUT2D eigenvalue weighted by molar-refractivity contribution is 6.13. The summed E-state index contributed by atoms with van der Waals surface area (Å²) in [6, 6.07) is 17.7. The van der Waals surface area contributed by atoms with Gasteiger partial charge in [-0.05, 0) is 43.7 Å². The van der Waals surface area contributed by atoms with Crippen LogP contribution >= 0.6 is 0 Å². The molecule has 0 atom stereocenters. The van der Waals surface area contributed by atoms with Gasteiger partial charge in [-0.2, -0.15) is 0 Å². The van der Waals surface area contributed by atoms with Crippen molar-refractivity contribution in [1.29, 1.82) is 0 Å². The molecule has 0 radical (unpaired) electrons. The molecule has 3 rings (SSSR count). The number of nitro groups is 1. The summed E-state index contributed by atoms with van der Waals surface area (Å²) in [5.74, 6) is -0.943. The van der Waals surface area contributed by atoms with Crippen molar-refractivity contribution < 1.29 is 14.5 Å². The first-order valence-electron chi connectivity index (χ1n) is 8.88. The zero-order valence-electron chi connectivity index (χ0n) is 15.9. The number of rotatable bonds is 5. The molecule has 0 saturated heterocycles. The van der Waals surface area contributed by atoms with Crippen LogP contribution in [0.25, 0.3) is 0 Å². The van der Waals surface area contributed by atoms with E-state index in [1.54, 1.807) is 36.4 Å². The summed E-state index contributed by atoms with van der Waals surface area (Å²) < 4.78 is 0. The molecule has 0 aliphatic heterocycles. The highest BCUT2D eigenvalue weighted by atomic mass is 16.6. The van der Waals surface area contributed by atoms with Crippen molar-refractivity contribution in [3.63, 3.8) is 0 Å². The summed E-state index contributed by atoms with van der Waals surface area (Å²) >= 11 is 0. The molecule has 0 unspecified atom stereocenters. The molecule has 3 aromatic rings. The number of benzene rings is 3. The van der Waals surface area contributed by atoms with E-state index in [2.05, 4.69) is 10.6 Å². The first kappa shape index (κ1) is 19.8. The molecule has 146 valence electrons. The maximum Gasteiger partial charge on any atom is 0.271 e. The zero-order chi connectivity index (χ0) is 21.0. The van der Waals surface area contributed by atoms with Crippen LogP contribution in [-0.4, -0.2) is 16.7 Å². The van der Waals surface area contributed by atoms with Gasteiger partial charge < -0.3 is 10.6 Å². The van der Waals surface area contributed by atoms with Crippen LogP contribution in [-0.2, 0) is 0 Å². The van der Waals surface area contributed by atoms with Crippen molar-refractivity contribution in [3.05, 3.63) is 99.1 Å². The van der Waals surface area contributed by atoms with Gasteiger partial charge in [0, 0.05) is 23.4 Å². The Morgan fingerprint density at radius 1 is 0.828 bits per heavy atom. The van der Waals surface area contributed by atoms with Crippen LogP contribution in [0.4, 0.5) is 17.1 Å². The highest BCUT2D eigenvalue weighted by Crippen LogP contribution is 2.25. The number of hydrogen-bond donors (Lipinski definition) is 2. The van der Waals surface area contributed by atoms with Gasteiger partial charge in [-0.3, -0.25) is 19.7 Å². The van der Waals surface area contributed by atoms with E-state index >= 15 is 0 Å². The second-order valence-electron chi connectivity index (χ2n) is 6.58. The normalized spacial score (nSPS) is 10.3. The van der Waals surface area contributed by atoms with E-state index < -0.39 is 16.7 Å². The van der Waals surface area contributed by atoms with E-state index in [-0.39, 0.29) is 16.9 Å². The molecule has 3 aromatic carbocycles. The molecule has 0 aliphatic carbocycles. The molecular weight excluding hydrogens is 370 g/mol. The molecule has 0 spiro atoms. The second-order valence-corrected chi connectivity index (χ2v) is 6.58. The van der Waals surface area contributed by atoms with Gasteiger partial charge >= 0.3 is 0 Å². The van der Waals surface area contributed by atoms with Crippen LogP contribution in [0, 0.1) is 24.0 Å². The summed E-state index contributed by atoms with van der Waals surface area (Å²) in [6.07, 6.45) is 0. The molecule has 0 bridgehead atoms. The van der Waals surface area contributed by atoms with Gasteiger partial charge in [0.1, 0.15) is 0 Å². The molecule has 2 N–H and O–H groups in total. The minimum atomic E-state index is -0.579. The van der Waals surface area contributed by atoms with E-state index in [0.717, 1.165) is 11.1 Å². The third-order valence-electron chi connectivity index (χ3n) is 4.37. The van der Waals surface area contributed by atoms with Crippen LogP contribution in [0.5, 0.6) is 0 Å². The van der Waals surface area contributed by atoms with Gasteiger partial charge in [0.2, 0.25) is 0 Å². The number of aryl methyl sites for hydroxylation is 2. The quantitative estimate of drug-likeness (QED) is 0.487. The number of nitrogens with one attached hydrogen (secondary N) is 2. The van der Waals surface area contributed by atoms with Crippen molar-refractivity contribution in [2.24, 2.45) is 0 Å². The predicted octanol–water partition coefficient (Wildman–Crippen LogP) is 4.72. The topological polar surface area (TPSA) is 101 Å². The molecule has 29 heavy (non-hydrogen) atoms. The minimum absolute atomic E-state index is 0.0651. The standard InChI is InChI=1S/C22H19N3O4/c1-14-8-11-19(15(2)12-14)23-22(27)18-10-9-17(25(28)29)13-20(18)24-21(26)16-6-4-3-5-7-16/h3-13H,1-2H3,(H,23,27)(H,24,26). The predicted molar refractivity (Wildman–Crippen MR) is 111 cm³/mol. The lowest BCUT2D eigenvalue weighted by Crippen LogP contribution is -2.19. The summed E-state index contributed by atoms with van der Waals surface area (Å²) in [4.78, 5) is 35.9. The van der Waals surface area contributed by atoms with E-state index in [4.69, 9.17) is 0 Å². The summed E-state index contributed by atoms with van der Waals surface area (Å²) in [6.45, 7) is 3.82. The number of anilines is 2. The van der Waals surface area contributed by atoms with Crippen LogP contribution in [0.2, 0.25) is 0 Å². The maximum absolute atomic E-state index is 12.8. The van der Waals surface area contributed by atoms with Gasteiger partial charge in [0.05, 0.1) is 16.2 Å². The fraction of sp³-hybridized carbons (Fsp3) is 0.0909. The first-order chi connectivity index (χ1) is 13.8. The van der Waals surface area contributed by atoms with Crippen LogP contribution < -0.4 is 10.6 Å². The Balaban J connectivity index is 1.93. The second kappa shape index (κ2) is 8.35. The Morgan fingerprint density at radius 3 is 2.17 bits per heavy atom. The monoisotopic (exact) mass is 389 g/mol. The third kappa shape index (κ3) is 4.65. The third-order valence-corrected chi connectivity index (χ3v) is 4.37. The lowest BCUT2D eigenvalue weighted by Gasteiger charge is -2.13. The number of nitro benzene ring substituents is 1. The molecule has 7 heteroatoms. The van der Waals surface area contributed by atoms with Crippen LogP contribution in [0.3, 0.4) is 0 Å². The van der Waals surface area contributed by atoms with Crippen LogP contribution in [0.15, 0.2) is 66.7 Å². The van der Waals surface area contributed by atoms with Crippen LogP contribution in [0.1, 0.15) is 31.8 Å². The van der Waals surface area contributed by atoms with E-state index in [1.165, 1.54) is 18.2 Å². The molecule has 0 saturated carbocycles. The Kier molecular flexibility index (Phi) is 5.69. The van der Waals surface area contributed by atoms with E-state index in [1.807, 2.05) is 26.0 Å². The molecule has 0 fully saturated rings. The fourth-order valence-corrected chi connectivity index (χ4v) is 2.87. The van der Waals surface area contributed by atoms with Crippen molar-refractivity contribution in [2.75, 3.05) is 10.6 Å². The number of carbonyl (C=O) groups is 2. The largest absolute Gasteiger partial charge is 0.322 e. The summed E-state index contributed by atoms with van der Waals surface area (Å²) in [5, 5.41) is 16.6. The molecule has 2 amide bonds. The molecular formula is C22H19N3O4. The minimum Gasteiger partial charge on any atom is -0.322 e. The zero-order valence-corrected chi connectivity index (χ0v) is 15.9. The summed E-state index contributed by atoms with van der Waals surface area (Å²) in [7, 11) is 0. The van der Waals surface area contributed by atoms with Crippen molar-refractivity contribution >= 4 is 28.9 Å². The SMILES string of the molecule is Cc1ccc(NC(=O)c2ccc([N+](=O)[O-])cc2NC(=O)c2ccccc2)c(C)c1. The molecule has 7 nitrogen and oxygen atoms in total. The van der Waals surface area contributed by atoms with Gasteiger partial charge in [0.15, 0.2) is 0 Å². The van der Waals surface area contributed by atoms with Crippen molar-refractivity contribution in [1.82, 2.24) is 0 Å². The number of non-ortho nitro benzene ring substituents is 1.